The molecule has 2 heterocycles. The molecule has 1 aliphatic heterocycles. The molecule has 0 saturated carbocycles. The molecule has 1 aromatic carbocycles. The maximum atomic E-state index is 11.7. The van der Waals surface area contributed by atoms with Gasteiger partial charge < -0.3 is 14.6 Å². The Balaban J connectivity index is 1.59. The van der Waals surface area contributed by atoms with Crippen molar-refractivity contribution in [1.82, 2.24) is 4.90 Å². The first-order valence-corrected chi connectivity index (χ1v) is 10.7. The van der Waals surface area contributed by atoms with Crippen molar-refractivity contribution in [3.8, 4) is 5.75 Å². The van der Waals surface area contributed by atoms with Crippen molar-refractivity contribution >= 4 is 17.1 Å². The highest BCUT2D eigenvalue weighted by Gasteiger charge is 2.22. The zero-order chi connectivity index (χ0) is 19.9. The molecule has 1 saturated heterocycles. The van der Waals surface area contributed by atoms with Crippen molar-refractivity contribution in [2.24, 2.45) is 0 Å². The summed E-state index contributed by atoms with van der Waals surface area (Å²) in [5, 5.41) is 12.7. The van der Waals surface area contributed by atoms with Crippen LogP contribution in [0.15, 0.2) is 35.7 Å². The van der Waals surface area contributed by atoms with Gasteiger partial charge in [0.1, 0.15) is 18.5 Å². The van der Waals surface area contributed by atoms with Crippen LogP contribution in [0.1, 0.15) is 40.6 Å². The fourth-order valence-electron chi connectivity index (χ4n) is 3.47. The molecule has 0 aliphatic carbocycles. The van der Waals surface area contributed by atoms with E-state index in [2.05, 4.69) is 23.3 Å². The van der Waals surface area contributed by atoms with E-state index in [1.54, 1.807) is 23.5 Å². The van der Waals surface area contributed by atoms with Crippen LogP contribution in [0.3, 0.4) is 0 Å². The largest absolute Gasteiger partial charge is 0.490 e. The second-order valence-electron chi connectivity index (χ2n) is 7.37. The van der Waals surface area contributed by atoms with Gasteiger partial charge in [-0.1, -0.05) is 12.1 Å². The van der Waals surface area contributed by atoms with Gasteiger partial charge in [-0.25, -0.2) is 0 Å². The summed E-state index contributed by atoms with van der Waals surface area (Å²) in [6.45, 7) is 6.71. The van der Waals surface area contributed by atoms with Crippen LogP contribution >= 0.6 is 11.3 Å². The van der Waals surface area contributed by atoms with Crippen LogP contribution < -0.4 is 4.74 Å². The summed E-state index contributed by atoms with van der Waals surface area (Å²) in [6.07, 6.45) is 1.75. The van der Waals surface area contributed by atoms with Gasteiger partial charge in [0.15, 0.2) is 5.78 Å². The van der Waals surface area contributed by atoms with Gasteiger partial charge in [-0.05, 0) is 55.8 Å². The zero-order valence-electron chi connectivity index (χ0n) is 16.6. The van der Waals surface area contributed by atoms with Gasteiger partial charge in [0, 0.05) is 31.1 Å². The van der Waals surface area contributed by atoms with Crippen molar-refractivity contribution in [3.63, 3.8) is 0 Å². The predicted octanol–water partition coefficient (Wildman–Crippen LogP) is 3.68. The second kappa shape index (κ2) is 10.2. The van der Waals surface area contributed by atoms with Crippen LogP contribution in [-0.2, 0) is 11.3 Å². The van der Waals surface area contributed by atoms with Gasteiger partial charge in [-0.15, -0.1) is 11.3 Å². The van der Waals surface area contributed by atoms with Crippen molar-refractivity contribution in [3.05, 3.63) is 51.7 Å². The number of para-hydroxylation sites is 1. The average molecular weight is 404 g/mol. The first kappa shape index (κ1) is 21.0. The summed E-state index contributed by atoms with van der Waals surface area (Å²) in [6, 6.07) is 9.28. The van der Waals surface area contributed by atoms with Crippen LogP contribution in [0.2, 0.25) is 0 Å². The number of aryl methyl sites for hydroxylation is 1. The van der Waals surface area contributed by atoms with Crippen LogP contribution in [0.4, 0.5) is 0 Å². The Morgan fingerprint density at radius 1 is 1.39 bits per heavy atom. The Morgan fingerprint density at radius 2 is 2.21 bits per heavy atom. The number of aliphatic hydroxyl groups is 1. The molecule has 28 heavy (non-hydrogen) atoms. The van der Waals surface area contributed by atoms with E-state index in [9.17, 15) is 9.90 Å². The molecule has 0 bridgehead atoms. The average Bonchev–Trinajstić information content (AvgIpc) is 3.32. The van der Waals surface area contributed by atoms with Crippen molar-refractivity contribution in [2.75, 3.05) is 26.3 Å². The molecular weight excluding hydrogens is 374 g/mol. The first-order valence-electron chi connectivity index (χ1n) is 9.80. The van der Waals surface area contributed by atoms with Gasteiger partial charge in [0.2, 0.25) is 0 Å². The number of carbonyl (C=O) groups excluding carboxylic acids is 1. The molecule has 5 nitrogen and oxygen atoms in total. The van der Waals surface area contributed by atoms with E-state index >= 15 is 0 Å². The number of hydrogen-bond donors (Lipinski definition) is 1. The monoisotopic (exact) mass is 403 g/mol. The van der Waals surface area contributed by atoms with E-state index in [0.717, 1.165) is 32.5 Å². The number of ether oxygens (including phenoxy) is 2. The molecule has 152 valence electrons. The number of rotatable bonds is 10. The smallest absolute Gasteiger partial charge is 0.163 e. The number of nitrogens with zero attached hydrogens (tertiary/aromatic N) is 1. The van der Waals surface area contributed by atoms with Crippen molar-refractivity contribution in [2.45, 2.75) is 45.4 Å². The molecule has 1 N–H and O–H groups in total. The lowest BCUT2D eigenvalue weighted by molar-refractivity contribution is 0.0315. The molecule has 1 fully saturated rings. The first-order chi connectivity index (χ1) is 13.5. The van der Waals surface area contributed by atoms with Gasteiger partial charge in [0.05, 0.1) is 11.7 Å². The lowest BCUT2D eigenvalue weighted by Gasteiger charge is -2.27. The summed E-state index contributed by atoms with van der Waals surface area (Å²) in [5.41, 5.74) is 1.82. The number of ketones is 1. The molecule has 2 aromatic rings. The Labute approximate surface area is 170 Å². The highest BCUT2D eigenvalue weighted by Crippen LogP contribution is 2.21. The molecule has 0 radical (unpaired) electrons. The van der Waals surface area contributed by atoms with Gasteiger partial charge >= 0.3 is 0 Å². The number of benzene rings is 1. The number of Topliss-reactive ketones (excluding diaryl/α,β-unsaturated/α-hetero) is 1. The molecule has 6 heteroatoms. The Hall–Kier alpha value is -1.73. The molecule has 0 spiro atoms. The summed E-state index contributed by atoms with van der Waals surface area (Å²) < 4.78 is 11.6. The number of carbonyl (C=O) groups is 1. The Kier molecular flexibility index (Phi) is 7.62. The lowest BCUT2D eigenvalue weighted by Crippen LogP contribution is -2.39. The molecule has 2 unspecified atom stereocenters. The number of hydrogen-bond acceptors (Lipinski definition) is 6. The van der Waals surface area contributed by atoms with Gasteiger partial charge in [0.25, 0.3) is 0 Å². The van der Waals surface area contributed by atoms with E-state index in [1.807, 2.05) is 12.1 Å². The summed E-state index contributed by atoms with van der Waals surface area (Å²) in [4.78, 5) is 15.3. The topological polar surface area (TPSA) is 59.0 Å². The molecule has 3 rings (SSSR count). The lowest BCUT2D eigenvalue weighted by atomic mass is 10.1. The minimum absolute atomic E-state index is 0.0433. The SMILES string of the molecule is CC(=O)c1ccccc1OCC(O)CN(Cc1sccc1C)CC1CCCO1. The fourth-order valence-corrected chi connectivity index (χ4v) is 4.42. The fraction of sp³-hybridized carbons (Fsp3) is 0.500. The highest BCUT2D eigenvalue weighted by molar-refractivity contribution is 7.10. The van der Waals surface area contributed by atoms with E-state index in [-0.39, 0.29) is 18.5 Å². The van der Waals surface area contributed by atoms with Crippen molar-refractivity contribution < 1.29 is 19.4 Å². The van der Waals surface area contributed by atoms with E-state index in [1.165, 1.54) is 17.4 Å². The maximum Gasteiger partial charge on any atom is 0.163 e. The van der Waals surface area contributed by atoms with E-state index < -0.39 is 6.10 Å². The van der Waals surface area contributed by atoms with Crippen LogP contribution in [0.25, 0.3) is 0 Å². The van der Waals surface area contributed by atoms with Crippen LogP contribution in [0.5, 0.6) is 5.75 Å². The van der Waals surface area contributed by atoms with Gasteiger partial charge in [-0.3, -0.25) is 9.69 Å². The van der Waals surface area contributed by atoms with E-state index in [0.29, 0.717) is 17.9 Å². The van der Waals surface area contributed by atoms with Crippen molar-refractivity contribution in [1.29, 1.82) is 0 Å². The maximum absolute atomic E-state index is 11.7. The minimum Gasteiger partial charge on any atom is -0.490 e. The molecular formula is C22H29NO4S. The third-order valence-corrected chi connectivity index (χ3v) is 6.00. The molecule has 1 aromatic heterocycles. The second-order valence-corrected chi connectivity index (χ2v) is 8.37. The number of thiophene rings is 1. The summed E-state index contributed by atoms with van der Waals surface area (Å²) in [5.74, 6) is 0.479. The Morgan fingerprint density at radius 3 is 2.89 bits per heavy atom. The normalized spacial score (nSPS) is 17.8. The Bertz CT molecular complexity index is 769. The molecule has 0 amide bonds. The number of aliphatic hydroxyl groups excluding tert-OH is 1. The minimum atomic E-state index is -0.651. The standard InChI is InChI=1S/C22H29NO4S/c1-16-9-11-28-22(16)14-23(13-19-6-5-10-26-19)12-18(25)15-27-21-8-4-3-7-20(21)17(2)24/h3-4,7-9,11,18-19,25H,5-6,10,12-15H2,1-2H3. The third-order valence-electron chi connectivity index (χ3n) is 4.99. The summed E-state index contributed by atoms with van der Waals surface area (Å²) in [7, 11) is 0. The predicted molar refractivity (Wildman–Crippen MR) is 111 cm³/mol. The van der Waals surface area contributed by atoms with Gasteiger partial charge in [-0.2, -0.15) is 0 Å². The molecule has 2 atom stereocenters. The van der Waals surface area contributed by atoms with Crippen LogP contribution in [-0.4, -0.2) is 54.3 Å². The zero-order valence-corrected chi connectivity index (χ0v) is 17.4. The summed E-state index contributed by atoms with van der Waals surface area (Å²) >= 11 is 1.75. The van der Waals surface area contributed by atoms with E-state index in [4.69, 9.17) is 9.47 Å². The molecule has 1 aliphatic rings. The van der Waals surface area contributed by atoms with Crippen LogP contribution in [0, 0.1) is 6.92 Å². The quantitative estimate of drug-likeness (QED) is 0.613. The highest BCUT2D eigenvalue weighted by atomic mass is 32.1. The third kappa shape index (κ3) is 5.88.